The topological polar surface area (TPSA) is 39.1 Å². The first-order chi connectivity index (χ1) is 7.70. The molecule has 1 atom stereocenters. The molecule has 1 N–H and O–H groups in total. The first kappa shape index (κ1) is 10.9. The van der Waals surface area contributed by atoms with Crippen molar-refractivity contribution in [3.05, 3.63) is 29.6 Å². The van der Waals surface area contributed by atoms with Gasteiger partial charge in [-0.3, -0.25) is 0 Å². The lowest BCUT2D eigenvalue weighted by Gasteiger charge is -2.33. The average Bonchev–Trinajstić information content (AvgIpc) is 2.28. The Balaban J connectivity index is 2.23. The van der Waals surface area contributed by atoms with E-state index in [0.717, 1.165) is 19.6 Å². The Hall–Kier alpha value is -1.60. The second-order valence-corrected chi connectivity index (χ2v) is 4.08. The molecule has 84 valence electrons. The summed E-state index contributed by atoms with van der Waals surface area (Å²) in [5.41, 5.74) is 0.955. The van der Waals surface area contributed by atoms with Crippen molar-refractivity contribution in [2.24, 2.45) is 0 Å². The molecule has 1 aromatic rings. The summed E-state index contributed by atoms with van der Waals surface area (Å²) < 4.78 is 13.7. The van der Waals surface area contributed by atoms with Crippen molar-refractivity contribution in [3.63, 3.8) is 0 Å². The molecule has 0 saturated carbocycles. The number of nitrogens with zero attached hydrogens (tertiary/aromatic N) is 2. The van der Waals surface area contributed by atoms with E-state index in [1.165, 1.54) is 6.07 Å². The molecule has 4 heteroatoms. The van der Waals surface area contributed by atoms with Crippen LogP contribution in [0.15, 0.2) is 18.2 Å². The Bertz CT molecular complexity index is 425. The van der Waals surface area contributed by atoms with E-state index < -0.39 is 0 Å². The molecule has 2 rings (SSSR count). The highest BCUT2D eigenvalue weighted by Gasteiger charge is 2.18. The van der Waals surface area contributed by atoms with Crippen LogP contribution in [0.1, 0.15) is 12.5 Å². The number of benzene rings is 1. The number of rotatable bonds is 1. The second-order valence-electron chi connectivity index (χ2n) is 4.08. The molecule has 0 unspecified atom stereocenters. The maximum absolute atomic E-state index is 13.7. The number of halogens is 1. The van der Waals surface area contributed by atoms with E-state index >= 15 is 0 Å². The molecular weight excluding hydrogens is 205 g/mol. The van der Waals surface area contributed by atoms with Crippen LogP contribution in [0.2, 0.25) is 0 Å². The minimum atomic E-state index is -0.312. The van der Waals surface area contributed by atoms with Gasteiger partial charge < -0.3 is 10.2 Å². The molecule has 0 aliphatic carbocycles. The van der Waals surface area contributed by atoms with Crippen LogP contribution in [0.4, 0.5) is 10.1 Å². The van der Waals surface area contributed by atoms with E-state index in [9.17, 15) is 4.39 Å². The summed E-state index contributed by atoms with van der Waals surface area (Å²) in [6.07, 6.45) is 0. The summed E-state index contributed by atoms with van der Waals surface area (Å²) in [4.78, 5) is 2.01. The van der Waals surface area contributed by atoms with Crippen LogP contribution in [-0.4, -0.2) is 25.7 Å². The molecule has 0 radical (unpaired) electrons. The minimum absolute atomic E-state index is 0.312. The maximum Gasteiger partial charge on any atom is 0.147 e. The van der Waals surface area contributed by atoms with Crippen molar-refractivity contribution in [1.82, 2.24) is 5.32 Å². The van der Waals surface area contributed by atoms with Gasteiger partial charge in [-0.1, -0.05) is 0 Å². The standard InChI is InChI=1S/C12H14FN3/c1-9-8-16(5-4-15-9)12-3-2-10(7-14)6-11(12)13/h2-3,6,9,15H,4-5,8H2,1H3/t9-/m0/s1. The van der Waals surface area contributed by atoms with E-state index in [-0.39, 0.29) is 5.82 Å². The normalized spacial score (nSPS) is 20.6. The quantitative estimate of drug-likeness (QED) is 0.778. The predicted octanol–water partition coefficient (Wildman–Crippen LogP) is 1.50. The summed E-state index contributed by atoms with van der Waals surface area (Å²) in [5, 5.41) is 12.0. The van der Waals surface area contributed by atoms with Gasteiger partial charge in [-0.2, -0.15) is 5.26 Å². The van der Waals surface area contributed by atoms with Gasteiger partial charge in [0, 0.05) is 25.7 Å². The molecule has 1 heterocycles. The highest BCUT2D eigenvalue weighted by atomic mass is 19.1. The number of nitriles is 1. The molecule has 3 nitrogen and oxygen atoms in total. The second kappa shape index (κ2) is 4.50. The maximum atomic E-state index is 13.7. The van der Waals surface area contributed by atoms with E-state index in [2.05, 4.69) is 12.2 Å². The van der Waals surface area contributed by atoms with Crippen molar-refractivity contribution in [2.75, 3.05) is 24.5 Å². The summed E-state index contributed by atoms with van der Waals surface area (Å²) >= 11 is 0. The van der Waals surface area contributed by atoms with E-state index in [1.807, 2.05) is 11.0 Å². The van der Waals surface area contributed by atoms with Gasteiger partial charge in [-0.25, -0.2) is 4.39 Å². The monoisotopic (exact) mass is 219 g/mol. The van der Waals surface area contributed by atoms with Gasteiger partial charge in [-0.05, 0) is 25.1 Å². The van der Waals surface area contributed by atoms with E-state index in [0.29, 0.717) is 17.3 Å². The van der Waals surface area contributed by atoms with Crippen LogP contribution in [0.3, 0.4) is 0 Å². The molecule has 1 aliphatic heterocycles. The Morgan fingerprint density at radius 3 is 3.00 bits per heavy atom. The minimum Gasteiger partial charge on any atom is -0.366 e. The fourth-order valence-corrected chi connectivity index (χ4v) is 1.98. The summed E-state index contributed by atoms with van der Waals surface area (Å²) in [6, 6.07) is 6.94. The average molecular weight is 219 g/mol. The Morgan fingerprint density at radius 1 is 1.56 bits per heavy atom. The number of hydrogen-bond donors (Lipinski definition) is 1. The Morgan fingerprint density at radius 2 is 2.38 bits per heavy atom. The molecule has 0 spiro atoms. The van der Waals surface area contributed by atoms with Crippen LogP contribution >= 0.6 is 0 Å². The summed E-state index contributed by atoms with van der Waals surface area (Å²) in [6.45, 7) is 4.53. The van der Waals surface area contributed by atoms with Crippen molar-refractivity contribution in [3.8, 4) is 6.07 Å². The molecule has 16 heavy (non-hydrogen) atoms. The molecule has 1 fully saturated rings. The molecule has 0 bridgehead atoms. The van der Waals surface area contributed by atoms with Crippen molar-refractivity contribution < 1.29 is 4.39 Å². The van der Waals surface area contributed by atoms with Gasteiger partial charge in [0.15, 0.2) is 0 Å². The SMILES string of the molecule is C[C@H]1CN(c2ccc(C#N)cc2F)CCN1. The highest BCUT2D eigenvalue weighted by molar-refractivity contribution is 5.51. The van der Waals surface area contributed by atoms with Crippen LogP contribution in [0.25, 0.3) is 0 Å². The first-order valence-corrected chi connectivity index (χ1v) is 5.38. The number of hydrogen-bond acceptors (Lipinski definition) is 3. The zero-order valence-electron chi connectivity index (χ0n) is 9.20. The van der Waals surface area contributed by atoms with Gasteiger partial charge in [0.2, 0.25) is 0 Å². The lowest BCUT2D eigenvalue weighted by molar-refractivity contribution is 0.478. The zero-order chi connectivity index (χ0) is 11.5. The number of anilines is 1. The summed E-state index contributed by atoms with van der Waals surface area (Å²) in [7, 11) is 0. The molecule has 0 aromatic heterocycles. The van der Waals surface area contributed by atoms with Crippen molar-refractivity contribution >= 4 is 5.69 Å². The van der Waals surface area contributed by atoms with Crippen LogP contribution in [-0.2, 0) is 0 Å². The van der Waals surface area contributed by atoms with Gasteiger partial charge >= 0.3 is 0 Å². The van der Waals surface area contributed by atoms with Gasteiger partial charge in [-0.15, -0.1) is 0 Å². The fourth-order valence-electron chi connectivity index (χ4n) is 1.98. The highest BCUT2D eigenvalue weighted by Crippen LogP contribution is 2.21. The lowest BCUT2D eigenvalue weighted by Crippen LogP contribution is -2.49. The van der Waals surface area contributed by atoms with E-state index in [1.54, 1.807) is 12.1 Å². The van der Waals surface area contributed by atoms with Crippen LogP contribution in [0, 0.1) is 17.1 Å². The molecule has 1 aliphatic rings. The van der Waals surface area contributed by atoms with Crippen LogP contribution in [0.5, 0.6) is 0 Å². The third-order valence-corrected chi connectivity index (χ3v) is 2.79. The van der Waals surface area contributed by atoms with E-state index in [4.69, 9.17) is 5.26 Å². The van der Waals surface area contributed by atoms with Crippen LogP contribution < -0.4 is 10.2 Å². The number of piperazine rings is 1. The Labute approximate surface area is 94.5 Å². The lowest BCUT2D eigenvalue weighted by atomic mass is 10.1. The predicted molar refractivity (Wildman–Crippen MR) is 60.8 cm³/mol. The molecule has 1 saturated heterocycles. The largest absolute Gasteiger partial charge is 0.366 e. The fraction of sp³-hybridized carbons (Fsp3) is 0.417. The Kier molecular flexibility index (Phi) is 3.07. The molecular formula is C12H14FN3. The third-order valence-electron chi connectivity index (χ3n) is 2.79. The van der Waals surface area contributed by atoms with Crippen molar-refractivity contribution in [2.45, 2.75) is 13.0 Å². The number of nitrogens with one attached hydrogen (secondary N) is 1. The van der Waals surface area contributed by atoms with Crippen molar-refractivity contribution in [1.29, 1.82) is 5.26 Å². The smallest absolute Gasteiger partial charge is 0.147 e. The van der Waals surface area contributed by atoms with Gasteiger partial charge in [0.25, 0.3) is 0 Å². The van der Waals surface area contributed by atoms with Gasteiger partial charge in [0.1, 0.15) is 5.82 Å². The summed E-state index contributed by atoms with van der Waals surface area (Å²) in [5.74, 6) is -0.312. The third kappa shape index (κ3) is 2.15. The van der Waals surface area contributed by atoms with Gasteiger partial charge in [0.05, 0.1) is 17.3 Å². The first-order valence-electron chi connectivity index (χ1n) is 5.38. The molecule has 0 amide bonds. The zero-order valence-corrected chi connectivity index (χ0v) is 9.20. The molecule has 1 aromatic carbocycles.